The zero-order chi connectivity index (χ0) is 31.2. The number of nitrogens with one attached hydrogen (secondary N) is 1. The van der Waals surface area contributed by atoms with E-state index in [2.05, 4.69) is 5.32 Å². The van der Waals surface area contributed by atoms with Gasteiger partial charge in [-0.3, -0.25) is 9.59 Å². The summed E-state index contributed by atoms with van der Waals surface area (Å²) in [6, 6.07) is 3.30. The van der Waals surface area contributed by atoms with Crippen molar-refractivity contribution in [1.82, 2.24) is 5.32 Å². The predicted octanol–water partition coefficient (Wildman–Crippen LogP) is 5.91. The number of carboxylic acids is 1. The van der Waals surface area contributed by atoms with E-state index in [0.717, 1.165) is 19.3 Å². The topological polar surface area (TPSA) is 147 Å². The Labute approximate surface area is 243 Å². The first-order valence-corrected chi connectivity index (χ1v) is 14.0. The smallest absolute Gasteiger partial charge is 0.480 e. The van der Waals surface area contributed by atoms with Crippen LogP contribution in [0.15, 0.2) is 18.2 Å². The van der Waals surface area contributed by atoms with Gasteiger partial charge < -0.3 is 34.1 Å². The Morgan fingerprint density at radius 1 is 0.878 bits per heavy atom. The van der Waals surface area contributed by atoms with Gasteiger partial charge in [0.05, 0.1) is 13.2 Å². The fraction of sp³-hybridized carbons (Fsp3) is 0.667. The molecular formula is C30H47NO10. The number of benzene rings is 1. The third-order valence-electron chi connectivity index (χ3n) is 5.35. The summed E-state index contributed by atoms with van der Waals surface area (Å²) >= 11 is 0. The molecule has 0 aliphatic heterocycles. The summed E-state index contributed by atoms with van der Waals surface area (Å²) in [6.45, 7) is 15.4. The molecule has 0 heterocycles. The van der Waals surface area contributed by atoms with E-state index in [1.807, 2.05) is 48.5 Å². The van der Waals surface area contributed by atoms with Crippen molar-refractivity contribution in [2.24, 2.45) is 10.8 Å². The normalized spacial score (nSPS) is 13.1. The molecule has 2 atom stereocenters. The van der Waals surface area contributed by atoms with Crippen LogP contribution >= 0.6 is 0 Å². The van der Waals surface area contributed by atoms with Crippen molar-refractivity contribution in [3.63, 3.8) is 0 Å². The quantitative estimate of drug-likeness (QED) is 0.110. The van der Waals surface area contributed by atoms with E-state index in [4.69, 9.17) is 23.7 Å². The summed E-state index contributed by atoms with van der Waals surface area (Å²) in [5.41, 5.74) is -0.121. The van der Waals surface area contributed by atoms with Crippen LogP contribution in [0.2, 0.25) is 0 Å². The summed E-state index contributed by atoms with van der Waals surface area (Å²) in [6.07, 6.45) is 0.465. The fourth-order valence-corrected chi connectivity index (χ4v) is 3.27. The molecule has 0 aromatic heterocycles. The molecule has 0 saturated carbocycles. The lowest BCUT2D eigenvalue weighted by Crippen LogP contribution is -2.42. The number of esters is 1. The predicted molar refractivity (Wildman–Crippen MR) is 152 cm³/mol. The molecule has 0 amide bonds. The van der Waals surface area contributed by atoms with Crippen molar-refractivity contribution >= 4 is 24.2 Å². The Balaban J connectivity index is 2.99. The molecule has 11 nitrogen and oxygen atoms in total. The number of carbonyl (C=O) groups is 4. The summed E-state index contributed by atoms with van der Waals surface area (Å²) < 4.78 is 26.3. The number of hydrogen-bond donors (Lipinski definition) is 2. The maximum Gasteiger partial charge on any atom is 0.513 e. The first-order chi connectivity index (χ1) is 19.0. The van der Waals surface area contributed by atoms with E-state index in [0.29, 0.717) is 12.0 Å². The number of carboxylic acid groups (broad SMARTS) is 1. The van der Waals surface area contributed by atoms with Crippen LogP contribution in [0, 0.1) is 10.8 Å². The first-order valence-electron chi connectivity index (χ1n) is 14.0. The Morgan fingerprint density at radius 2 is 1.44 bits per heavy atom. The van der Waals surface area contributed by atoms with Gasteiger partial charge in [-0.2, -0.15) is 0 Å². The van der Waals surface area contributed by atoms with Gasteiger partial charge in [-0.25, -0.2) is 9.59 Å². The molecule has 0 aliphatic carbocycles. The van der Waals surface area contributed by atoms with Crippen molar-refractivity contribution in [3.05, 3.63) is 23.8 Å². The zero-order valence-corrected chi connectivity index (χ0v) is 25.7. The lowest BCUT2D eigenvalue weighted by Gasteiger charge is -2.20. The Kier molecular flexibility index (Phi) is 14.6. The molecule has 0 saturated heterocycles. The fourth-order valence-electron chi connectivity index (χ4n) is 3.27. The molecule has 2 N–H and O–H groups in total. The van der Waals surface area contributed by atoms with Gasteiger partial charge >= 0.3 is 24.2 Å². The van der Waals surface area contributed by atoms with Gasteiger partial charge in [0.25, 0.3) is 0 Å². The molecule has 0 radical (unpaired) electrons. The van der Waals surface area contributed by atoms with E-state index >= 15 is 0 Å². The molecule has 232 valence electrons. The lowest BCUT2D eigenvalue weighted by atomic mass is 9.99. The van der Waals surface area contributed by atoms with E-state index in [1.54, 1.807) is 13.0 Å². The van der Waals surface area contributed by atoms with Gasteiger partial charge in [-0.15, -0.1) is 0 Å². The zero-order valence-electron chi connectivity index (χ0n) is 25.7. The third-order valence-corrected chi connectivity index (χ3v) is 5.35. The molecule has 0 aliphatic rings. The van der Waals surface area contributed by atoms with Gasteiger partial charge in [-0.1, -0.05) is 67.4 Å². The van der Waals surface area contributed by atoms with E-state index in [9.17, 15) is 24.3 Å². The number of carbonyl (C=O) groups excluding carboxylic acids is 3. The Hall–Kier alpha value is -3.34. The molecule has 1 unspecified atom stereocenters. The molecule has 0 fully saturated rings. The van der Waals surface area contributed by atoms with Crippen molar-refractivity contribution in [2.45, 2.75) is 99.6 Å². The first kappa shape index (κ1) is 35.7. The van der Waals surface area contributed by atoms with E-state index in [1.165, 1.54) is 12.1 Å². The monoisotopic (exact) mass is 581 g/mol. The van der Waals surface area contributed by atoms with Crippen LogP contribution in [-0.4, -0.2) is 61.3 Å². The van der Waals surface area contributed by atoms with Gasteiger partial charge in [-0.05, 0) is 48.3 Å². The Bertz CT molecular complexity index is 1010. The highest BCUT2D eigenvalue weighted by Crippen LogP contribution is 2.30. The SMILES string of the molecule is CCCCCC(=O)OC(C)CN[C@@H](Cc1ccc(OC(=O)OCC(C)(C)C)c(OC(=O)OCC(C)(C)C)c1)C(=O)O. The second-order valence-electron chi connectivity index (χ2n) is 12.4. The summed E-state index contributed by atoms with van der Waals surface area (Å²) in [7, 11) is 0. The van der Waals surface area contributed by atoms with Crippen molar-refractivity contribution < 1.29 is 48.0 Å². The van der Waals surface area contributed by atoms with Crippen LogP contribution in [0.5, 0.6) is 11.5 Å². The molecule has 41 heavy (non-hydrogen) atoms. The van der Waals surface area contributed by atoms with Crippen LogP contribution in [0.4, 0.5) is 9.59 Å². The third kappa shape index (κ3) is 16.5. The maximum atomic E-state index is 12.4. The molecule has 0 bridgehead atoms. The van der Waals surface area contributed by atoms with Gasteiger partial charge in [0.1, 0.15) is 12.1 Å². The minimum Gasteiger partial charge on any atom is -0.480 e. The standard InChI is InChI=1S/C30H47NO10/c1-9-10-11-12-25(32)39-20(2)17-31-22(26(33)34)15-21-13-14-23(40-27(35)37-18-29(3,4)5)24(16-21)41-28(36)38-19-30(6,7)8/h13-14,16,20,22,31H,9-12,15,17-19H2,1-8H3,(H,33,34)/t20?,22-/m0/s1. The van der Waals surface area contributed by atoms with E-state index < -0.39 is 30.4 Å². The highest BCUT2D eigenvalue weighted by Gasteiger charge is 2.23. The molecule has 1 aromatic carbocycles. The lowest BCUT2D eigenvalue weighted by molar-refractivity contribution is -0.148. The molecule has 1 rings (SSSR count). The average molecular weight is 582 g/mol. The van der Waals surface area contributed by atoms with Crippen LogP contribution in [-0.2, 0) is 30.2 Å². The number of ether oxygens (including phenoxy) is 5. The maximum absolute atomic E-state index is 12.4. The van der Waals surface area contributed by atoms with Gasteiger partial charge in [0.15, 0.2) is 11.5 Å². The Morgan fingerprint density at radius 3 is 1.95 bits per heavy atom. The summed E-state index contributed by atoms with van der Waals surface area (Å²) in [4.78, 5) is 48.6. The summed E-state index contributed by atoms with van der Waals surface area (Å²) in [5.74, 6) is -1.67. The van der Waals surface area contributed by atoms with Crippen LogP contribution in [0.3, 0.4) is 0 Å². The van der Waals surface area contributed by atoms with Gasteiger partial charge in [0.2, 0.25) is 0 Å². The second-order valence-corrected chi connectivity index (χ2v) is 12.4. The van der Waals surface area contributed by atoms with Crippen LogP contribution in [0.1, 0.15) is 86.6 Å². The highest BCUT2D eigenvalue weighted by atomic mass is 16.7. The van der Waals surface area contributed by atoms with Crippen LogP contribution < -0.4 is 14.8 Å². The number of hydrogen-bond acceptors (Lipinski definition) is 10. The molecule has 0 spiro atoms. The largest absolute Gasteiger partial charge is 0.513 e. The number of rotatable bonds is 15. The minimum atomic E-state index is -1.12. The average Bonchev–Trinajstić information content (AvgIpc) is 2.84. The molecule has 1 aromatic rings. The van der Waals surface area contributed by atoms with E-state index in [-0.39, 0.29) is 54.5 Å². The minimum absolute atomic E-state index is 0.00531. The van der Waals surface area contributed by atoms with Crippen molar-refractivity contribution in [3.8, 4) is 11.5 Å². The highest BCUT2D eigenvalue weighted by molar-refractivity contribution is 5.74. The molecular weight excluding hydrogens is 534 g/mol. The van der Waals surface area contributed by atoms with Gasteiger partial charge in [0, 0.05) is 13.0 Å². The van der Waals surface area contributed by atoms with Crippen molar-refractivity contribution in [1.29, 1.82) is 0 Å². The number of unbranched alkanes of at least 4 members (excludes halogenated alkanes) is 2. The summed E-state index contributed by atoms with van der Waals surface area (Å²) in [5, 5.41) is 12.7. The molecule has 11 heteroatoms. The van der Waals surface area contributed by atoms with Crippen LogP contribution in [0.25, 0.3) is 0 Å². The van der Waals surface area contributed by atoms with Crippen molar-refractivity contribution in [2.75, 3.05) is 19.8 Å². The second kappa shape index (κ2) is 16.8. The number of aliphatic carboxylic acids is 1.